The quantitative estimate of drug-likeness (QED) is 0.424. The Morgan fingerprint density at radius 3 is 2.48 bits per heavy atom. The predicted molar refractivity (Wildman–Crippen MR) is 114 cm³/mol. The van der Waals surface area contributed by atoms with E-state index in [1.54, 1.807) is 11.8 Å². The summed E-state index contributed by atoms with van der Waals surface area (Å²) in [4.78, 5) is 19.2. The summed E-state index contributed by atoms with van der Waals surface area (Å²) in [5, 5.41) is 6.57. The van der Waals surface area contributed by atoms with Crippen molar-refractivity contribution in [2.75, 3.05) is 38.2 Å². The maximum Gasteiger partial charge on any atom is 0.254 e. The number of benzene rings is 1. The summed E-state index contributed by atoms with van der Waals surface area (Å²) < 4.78 is 5.71. The summed E-state index contributed by atoms with van der Waals surface area (Å²) in [5.41, 5.74) is 1.80. The van der Waals surface area contributed by atoms with Crippen LogP contribution in [0.15, 0.2) is 29.3 Å². The molecule has 2 atom stereocenters. The van der Waals surface area contributed by atoms with Gasteiger partial charge in [0.25, 0.3) is 5.91 Å². The van der Waals surface area contributed by atoms with Crippen LogP contribution in [0.25, 0.3) is 0 Å². The van der Waals surface area contributed by atoms with E-state index in [9.17, 15) is 4.79 Å². The van der Waals surface area contributed by atoms with Gasteiger partial charge in [-0.1, -0.05) is 12.1 Å². The zero-order valence-corrected chi connectivity index (χ0v) is 17.6. The normalized spacial score (nSPS) is 20.4. The van der Waals surface area contributed by atoms with E-state index in [2.05, 4.69) is 28.8 Å². The number of aliphatic imine (C=N–C) groups is 1. The molecule has 1 aromatic rings. The monoisotopic (exact) mass is 392 g/mol. The Balaban J connectivity index is 1.95. The molecule has 27 heavy (non-hydrogen) atoms. The Morgan fingerprint density at radius 1 is 1.22 bits per heavy atom. The summed E-state index contributed by atoms with van der Waals surface area (Å²) in [6.45, 7) is 9.64. The smallest absolute Gasteiger partial charge is 0.254 e. The summed E-state index contributed by atoms with van der Waals surface area (Å²) in [7, 11) is 0. The highest BCUT2D eigenvalue weighted by Gasteiger charge is 2.26. The molecule has 0 saturated carbocycles. The van der Waals surface area contributed by atoms with Crippen molar-refractivity contribution in [1.29, 1.82) is 0 Å². The second-order valence-corrected chi connectivity index (χ2v) is 7.76. The van der Waals surface area contributed by atoms with Crippen molar-refractivity contribution in [3.05, 3.63) is 35.4 Å². The molecule has 0 bridgehead atoms. The van der Waals surface area contributed by atoms with Gasteiger partial charge in [-0.15, -0.1) is 0 Å². The van der Waals surface area contributed by atoms with E-state index < -0.39 is 0 Å². The Hall–Kier alpha value is -1.73. The number of nitrogens with zero attached hydrogens (tertiary/aromatic N) is 2. The lowest BCUT2D eigenvalue weighted by Crippen LogP contribution is -2.48. The second-order valence-electron chi connectivity index (χ2n) is 6.78. The van der Waals surface area contributed by atoms with Gasteiger partial charge in [0.05, 0.1) is 18.8 Å². The third kappa shape index (κ3) is 7.07. The molecule has 1 aliphatic heterocycles. The highest BCUT2D eigenvalue weighted by molar-refractivity contribution is 7.98. The van der Waals surface area contributed by atoms with Crippen LogP contribution in [0.1, 0.15) is 36.7 Å². The zero-order valence-electron chi connectivity index (χ0n) is 16.8. The van der Waals surface area contributed by atoms with Gasteiger partial charge in [-0.2, -0.15) is 11.8 Å². The Kier molecular flexibility index (Phi) is 8.94. The first-order valence-corrected chi connectivity index (χ1v) is 11.0. The zero-order chi connectivity index (χ0) is 19.6. The number of ether oxygens (including phenoxy) is 1. The Labute approximate surface area is 167 Å². The Morgan fingerprint density at radius 2 is 1.89 bits per heavy atom. The van der Waals surface area contributed by atoms with Crippen molar-refractivity contribution in [1.82, 2.24) is 15.5 Å². The van der Waals surface area contributed by atoms with Gasteiger partial charge in [-0.3, -0.25) is 4.79 Å². The molecular weight excluding hydrogens is 360 g/mol. The lowest BCUT2D eigenvalue weighted by atomic mass is 10.1. The van der Waals surface area contributed by atoms with E-state index in [4.69, 9.17) is 4.74 Å². The highest BCUT2D eigenvalue weighted by Crippen LogP contribution is 2.15. The van der Waals surface area contributed by atoms with Crippen LogP contribution in [0.5, 0.6) is 0 Å². The fourth-order valence-electron chi connectivity index (χ4n) is 3.06. The van der Waals surface area contributed by atoms with Gasteiger partial charge in [-0.05, 0) is 44.7 Å². The molecule has 7 heteroatoms. The lowest BCUT2D eigenvalue weighted by Gasteiger charge is -2.35. The minimum atomic E-state index is 0.0686. The van der Waals surface area contributed by atoms with Gasteiger partial charge in [0, 0.05) is 37.5 Å². The summed E-state index contributed by atoms with van der Waals surface area (Å²) in [6.07, 6.45) is 2.25. The molecule has 0 spiro atoms. The molecule has 1 amide bonds. The van der Waals surface area contributed by atoms with E-state index >= 15 is 0 Å². The first kappa shape index (κ1) is 21.6. The summed E-state index contributed by atoms with van der Waals surface area (Å²) in [5.74, 6) is 1.93. The highest BCUT2D eigenvalue weighted by atomic mass is 32.2. The molecule has 0 aromatic heterocycles. The number of rotatable bonds is 7. The molecule has 150 valence electrons. The number of guanidine groups is 1. The van der Waals surface area contributed by atoms with E-state index in [0.717, 1.165) is 30.4 Å². The summed E-state index contributed by atoms with van der Waals surface area (Å²) in [6, 6.07) is 7.75. The summed E-state index contributed by atoms with van der Waals surface area (Å²) >= 11 is 1.80. The third-order valence-electron chi connectivity index (χ3n) is 4.27. The van der Waals surface area contributed by atoms with Crippen molar-refractivity contribution in [3.63, 3.8) is 0 Å². The average molecular weight is 393 g/mol. The molecular formula is C20H32N4O2S. The molecule has 1 aromatic carbocycles. The van der Waals surface area contributed by atoms with Crippen LogP contribution in [0.3, 0.4) is 0 Å². The first-order chi connectivity index (χ1) is 13.0. The van der Waals surface area contributed by atoms with Crippen molar-refractivity contribution in [2.45, 2.75) is 39.5 Å². The molecule has 1 heterocycles. The van der Waals surface area contributed by atoms with Crippen LogP contribution in [-0.4, -0.2) is 67.2 Å². The van der Waals surface area contributed by atoms with Crippen LogP contribution < -0.4 is 10.6 Å². The van der Waals surface area contributed by atoms with Crippen molar-refractivity contribution in [2.24, 2.45) is 4.99 Å². The van der Waals surface area contributed by atoms with E-state index in [-0.39, 0.29) is 18.1 Å². The standard InChI is InChI=1S/C20H32N4O2S/c1-5-21-20(22-10-11-27-4)23-12-17-6-8-18(9-7-17)19(25)24-13-15(2)26-16(3)14-24/h6-9,15-16H,5,10-14H2,1-4H3,(H2,21,22,23). The fraction of sp³-hybridized carbons (Fsp3) is 0.600. The molecule has 0 radical (unpaired) electrons. The van der Waals surface area contributed by atoms with Gasteiger partial charge in [0.1, 0.15) is 0 Å². The van der Waals surface area contributed by atoms with Crippen LogP contribution in [0.4, 0.5) is 0 Å². The van der Waals surface area contributed by atoms with Gasteiger partial charge < -0.3 is 20.3 Å². The van der Waals surface area contributed by atoms with Crippen LogP contribution >= 0.6 is 11.8 Å². The number of morpholine rings is 1. The van der Waals surface area contributed by atoms with Gasteiger partial charge >= 0.3 is 0 Å². The van der Waals surface area contributed by atoms with Crippen molar-refractivity contribution < 1.29 is 9.53 Å². The molecule has 6 nitrogen and oxygen atoms in total. The van der Waals surface area contributed by atoms with E-state index in [1.807, 2.05) is 43.0 Å². The van der Waals surface area contributed by atoms with Crippen molar-refractivity contribution >= 4 is 23.6 Å². The maximum atomic E-state index is 12.7. The largest absolute Gasteiger partial charge is 0.372 e. The molecule has 1 saturated heterocycles. The van der Waals surface area contributed by atoms with Crippen LogP contribution in [-0.2, 0) is 11.3 Å². The minimum absolute atomic E-state index is 0.0686. The fourth-order valence-corrected chi connectivity index (χ4v) is 3.37. The number of carbonyl (C=O) groups is 1. The van der Waals surface area contributed by atoms with Crippen LogP contribution in [0, 0.1) is 0 Å². The minimum Gasteiger partial charge on any atom is -0.372 e. The average Bonchev–Trinajstić information content (AvgIpc) is 2.65. The SMILES string of the molecule is CCNC(=NCc1ccc(C(=O)N2CC(C)OC(C)C2)cc1)NCCSC. The number of hydrogen-bond donors (Lipinski definition) is 2. The number of thioether (sulfide) groups is 1. The molecule has 1 fully saturated rings. The predicted octanol–water partition coefficient (Wildman–Crippen LogP) is 2.35. The molecule has 2 rings (SSSR count). The number of amides is 1. The van der Waals surface area contributed by atoms with Crippen LogP contribution in [0.2, 0.25) is 0 Å². The second kappa shape index (κ2) is 11.2. The topological polar surface area (TPSA) is 66.0 Å². The molecule has 0 aliphatic carbocycles. The van der Waals surface area contributed by atoms with Gasteiger partial charge in [-0.25, -0.2) is 4.99 Å². The lowest BCUT2D eigenvalue weighted by molar-refractivity contribution is -0.0586. The third-order valence-corrected chi connectivity index (χ3v) is 4.88. The molecule has 2 unspecified atom stereocenters. The van der Waals surface area contributed by atoms with Crippen molar-refractivity contribution in [3.8, 4) is 0 Å². The van der Waals surface area contributed by atoms with E-state index in [0.29, 0.717) is 25.2 Å². The Bertz CT molecular complexity index is 611. The molecule has 2 N–H and O–H groups in total. The van der Waals surface area contributed by atoms with Gasteiger partial charge in [0.2, 0.25) is 0 Å². The van der Waals surface area contributed by atoms with E-state index in [1.165, 1.54) is 0 Å². The van der Waals surface area contributed by atoms with Gasteiger partial charge in [0.15, 0.2) is 5.96 Å². The molecule has 1 aliphatic rings. The number of nitrogens with one attached hydrogen (secondary N) is 2. The maximum absolute atomic E-state index is 12.7. The number of hydrogen-bond acceptors (Lipinski definition) is 4. The first-order valence-electron chi connectivity index (χ1n) is 9.58. The number of carbonyl (C=O) groups excluding carboxylic acids is 1.